The van der Waals surface area contributed by atoms with Crippen LogP contribution in [0.4, 0.5) is 0 Å². The van der Waals surface area contributed by atoms with Crippen molar-refractivity contribution in [3.63, 3.8) is 0 Å². The number of hydrogen-bond donors (Lipinski definition) is 1. The van der Waals surface area contributed by atoms with E-state index < -0.39 is 10.0 Å². The average Bonchev–Trinajstić information content (AvgIpc) is 2.68. The van der Waals surface area contributed by atoms with Crippen molar-refractivity contribution >= 4 is 15.9 Å². The Morgan fingerprint density at radius 1 is 0.966 bits per heavy atom. The van der Waals surface area contributed by atoms with Gasteiger partial charge in [-0.2, -0.15) is 4.31 Å². The molecule has 1 N–H and O–H groups in total. The first-order valence-electron chi connectivity index (χ1n) is 9.94. The molecule has 1 aliphatic rings. The highest BCUT2D eigenvalue weighted by atomic mass is 32.2. The second kappa shape index (κ2) is 9.52. The molecule has 3 rings (SSSR count). The first-order valence-corrected chi connectivity index (χ1v) is 11.5. The van der Waals surface area contributed by atoms with Crippen molar-refractivity contribution in [1.82, 2.24) is 14.5 Å². The smallest absolute Gasteiger partial charge is 0.251 e. The predicted octanol–water partition coefficient (Wildman–Crippen LogP) is 2.18. The molecule has 0 radical (unpaired) electrons. The van der Waals surface area contributed by atoms with E-state index in [9.17, 15) is 13.2 Å². The Bertz CT molecular complexity index is 917. The summed E-state index contributed by atoms with van der Waals surface area (Å²) in [5, 5.41) is 2.73. The number of piperazine rings is 1. The number of aryl methyl sites for hydroxylation is 2. The third-order valence-electron chi connectivity index (χ3n) is 5.10. The zero-order valence-corrected chi connectivity index (χ0v) is 17.9. The molecule has 1 aliphatic heterocycles. The molecule has 1 fully saturated rings. The Hall–Kier alpha value is -2.22. The highest BCUT2D eigenvalue weighted by Crippen LogP contribution is 2.12. The van der Waals surface area contributed by atoms with Crippen LogP contribution >= 0.6 is 0 Å². The maximum atomic E-state index is 12.6. The van der Waals surface area contributed by atoms with Crippen LogP contribution in [0.1, 0.15) is 27.0 Å². The molecule has 6 nitrogen and oxygen atoms in total. The fourth-order valence-electron chi connectivity index (χ4n) is 3.64. The molecule has 7 heteroatoms. The number of nitrogens with one attached hydrogen (secondary N) is 1. The van der Waals surface area contributed by atoms with Gasteiger partial charge in [0.25, 0.3) is 5.91 Å². The molecule has 156 valence electrons. The van der Waals surface area contributed by atoms with Crippen LogP contribution in [0, 0.1) is 13.8 Å². The molecule has 2 aromatic carbocycles. The van der Waals surface area contributed by atoms with Crippen molar-refractivity contribution in [1.29, 1.82) is 0 Å². The Balaban J connectivity index is 1.46. The molecule has 1 heterocycles. The number of sulfonamides is 1. The number of nitrogens with zero attached hydrogens (tertiary/aromatic N) is 2. The van der Waals surface area contributed by atoms with Crippen molar-refractivity contribution in [2.45, 2.75) is 20.4 Å². The summed E-state index contributed by atoms with van der Waals surface area (Å²) in [5.41, 5.74) is 3.82. The van der Waals surface area contributed by atoms with Crippen LogP contribution in [0.3, 0.4) is 0 Å². The van der Waals surface area contributed by atoms with Crippen molar-refractivity contribution in [3.8, 4) is 0 Å². The van der Waals surface area contributed by atoms with Gasteiger partial charge in [0, 0.05) is 44.8 Å². The van der Waals surface area contributed by atoms with E-state index in [-0.39, 0.29) is 18.2 Å². The normalized spacial score (nSPS) is 15.9. The molecule has 0 spiro atoms. The van der Waals surface area contributed by atoms with E-state index >= 15 is 0 Å². The summed E-state index contributed by atoms with van der Waals surface area (Å²) in [6.45, 7) is 7.21. The SMILES string of the molecule is Cc1cc(C)cc(C(=O)NCCS(=O)(=O)N2CCN(Cc3ccccc3)CC2)c1. The van der Waals surface area contributed by atoms with Gasteiger partial charge >= 0.3 is 0 Å². The van der Waals surface area contributed by atoms with Gasteiger partial charge in [0.1, 0.15) is 0 Å². The van der Waals surface area contributed by atoms with Crippen LogP contribution in [-0.4, -0.2) is 62.0 Å². The number of carbonyl (C=O) groups excluding carboxylic acids is 1. The van der Waals surface area contributed by atoms with Gasteiger partial charge in [-0.15, -0.1) is 0 Å². The average molecular weight is 416 g/mol. The molecule has 1 saturated heterocycles. The third-order valence-corrected chi connectivity index (χ3v) is 6.98. The number of hydrogen-bond acceptors (Lipinski definition) is 4. The van der Waals surface area contributed by atoms with Crippen molar-refractivity contribution in [2.24, 2.45) is 0 Å². The minimum absolute atomic E-state index is 0.0811. The molecule has 2 aromatic rings. The molecular weight excluding hydrogens is 386 g/mol. The minimum Gasteiger partial charge on any atom is -0.351 e. The number of amides is 1. The number of rotatable bonds is 7. The molecule has 0 bridgehead atoms. The van der Waals surface area contributed by atoms with E-state index in [1.807, 2.05) is 50.2 Å². The fourth-order valence-corrected chi connectivity index (χ4v) is 4.98. The highest BCUT2D eigenvalue weighted by molar-refractivity contribution is 7.89. The topological polar surface area (TPSA) is 69.7 Å². The largest absolute Gasteiger partial charge is 0.351 e. The van der Waals surface area contributed by atoms with Gasteiger partial charge in [0.2, 0.25) is 10.0 Å². The molecule has 0 aliphatic carbocycles. The molecule has 0 atom stereocenters. The van der Waals surface area contributed by atoms with Gasteiger partial charge in [-0.3, -0.25) is 9.69 Å². The molecule has 29 heavy (non-hydrogen) atoms. The molecule has 1 amide bonds. The predicted molar refractivity (Wildman–Crippen MR) is 115 cm³/mol. The first kappa shape index (κ1) is 21.5. The van der Waals surface area contributed by atoms with Gasteiger partial charge in [0.05, 0.1) is 5.75 Å². The lowest BCUT2D eigenvalue weighted by Gasteiger charge is -2.34. The summed E-state index contributed by atoms with van der Waals surface area (Å²) in [6, 6.07) is 15.8. The summed E-state index contributed by atoms with van der Waals surface area (Å²) in [4.78, 5) is 14.6. The van der Waals surface area contributed by atoms with Gasteiger partial charge in [-0.05, 0) is 31.5 Å². The quantitative estimate of drug-likeness (QED) is 0.753. The summed E-state index contributed by atoms with van der Waals surface area (Å²) in [5.74, 6) is -0.318. The van der Waals surface area contributed by atoms with Gasteiger partial charge in [-0.25, -0.2) is 8.42 Å². The lowest BCUT2D eigenvalue weighted by Crippen LogP contribution is -2.49. The zero-order valence-electron chi connectivity index (χ0n) is 17.1. The maximum absolute atomic E-state index is 12.6. The molecule has 0 saturated carbocycles. The van der Waals surface area contributed by atoms with E-state index in [4.69, 9.17) is 0 Å². The number of benzene rings is 2. The summed E-state index contributed by atoms with van der Waals surface area (Å²) in [6.07, 6.45) is 0. The molecule has 0 aromatic heterocycles. The summed E-state index contributed by atoms with van der Waals surface area (Å²) < 4.78 is 26.8. The standard InChI is InChI=1S/C22H29N3O3S/c1-18-14-19(2)16-21(15-18)22(26)23-8-13-29(27,28)25-11-9-24(10-12-25)17-20-6-4-3-5-7-20/h3-7,14-16H,8-13,17H2,1-2H3,(H,23,26). The Morgan fingerprint density at radius 3 is 2.21 bits per heavy atom. The lowest BCUT2D eigenvalue weighted by atomic mass is 10.1. The van der Waals surface area contributed by atoms with Gasteiger partial charge in [0.15, 0.2) is 0 Å². The van der Waals surface area contributed by atoms with Gasteiger partial charge in [-0.1, -0.05) is 47.5 Å². The van der Waals surface area contributed by atoms with Crippen LogP contribution in [0.15, 0.2) is 48.5 Å². The summed E-state index contributed by atoms with van der Waals surface area (Å²) >= 11 is 0. The van der Waals surface area contributed by atoms with Crippen LogP contribution in [-0.2, 0) is 16.6 Å². The van der Waals surface area contributed by atoms with Crippen LogP contribution in [0.5, 0.6) is 0 Å². The molecule has 0 unspecified atom stereocenters. The van der Waals surface area contributed by atoms with E-state index in [1.54, 1.807) is 0 Å². The van der Waals surface area contributed by atoms with Crippen molar-refractivity contribution in [2.75, 3.05) is 38.5 Å². The maximum Gasteiger partial charge on any atom is 0.251 e. The van der Waals surface area contributed by atoms with Crippen LogP contribution in [0.25, 0.3) is 0 Å². The van der Waals surface area contributed by atoms with E-state index in [0.29, 0.717) is 31.7 Å². The van der Waals surface area contributed by atoms with Gasteiger partial charge < -0.3 is 5.32 Å². The van der Waals surface area contributed by atoms with E-state index in [0.717, 1.165) is 17.7 Å². The van der Waals surface area contributed by atoms with E-state index in [2.05, 4.69) is 22.3 Å². The Morgan fingerprint density at radius 2 is 1.59 bits per heavy atom. The second-order valence-electron chi connectivity index (χ2n) is 7.61. The van der Waals surface area contributed by atoms with Crippen molar-refractivity contribution in [3.05, 3.63) is 70.8 Å². The Kier molecular flexibility index (Phi) is 7.05. The first-order chi connectivity index (χ1) is 13.8. The van der Waals surface area contributed by atoms with Crippen LogP contribution < -0.4 is 5.32 Å². The summed E-state index contributed by atoms with van der Waals surface area (Å²) in [7, 11) is -3.38. The second-order valence-corrected chi connectivity index (χ2v) is 9.70. The zero-order chi connectivity index (χ0) is 20.9. The highest BCUT2D eigenvalue weighted by Gasteiger charge is 2.26. The third kappa shape index (κ3) is 6.13. The van der Waals surface area contributed by atoms with E-state index in [1.165, 1.54) is 9.87 Å². The monoisotopic (exact) mass is 415 g/mol. The van der Waals surface area contributed by atoms with Crippen LogP contribution in [0.2, 0.25) is 0 Å². The minimum atomic E-state index is -3.38. The Labute approximate surface area is 173 Å². The fraction of sp³-hybridized carbons (Fsp3) is 0.409. The molecular formula is C22H29N3O3S. The number of carbonyl (C=O) groups is 1. The lowest BCUT2D eigenvalue weighted by molar-refractivity contribution is 0.0956. The van der Waals surface area contributed by atoms with Crippen molar-refractivity contribution < 1.29 is 13.2 Å².